The van der Waals surface area contributed by atoms with Crippen LogP contribution in [-0.2, 0) is 0 Å². The van der Waals surface area contributed by atoms with Crippen molar-refractivity contribution >= 4 is 11.0 Å². The van der Waals surface area contributed by atoms with Gasteiger partial charge in [-0.3, -0.25) is 5.10 Å². The zero-order chi connectivity index (χ0) is 14.7. The van der Waals surface area contributed by atoms with Crippen molar-refractivity contribution < 1.29 is 0 Å². The fourth-order valence-corrected chi connectivity index (χ4v) is 2.50. The van der Waals surface area contributed by atoms with Crippen molar-refractivity contribution in [2.45, 2.75) is 12.3 Å². The average molecular weight is 277 g/mol. The van der Waals surface area contributed by atoms with E-state index in [1.807, 2.05) is 30.3 Å². The Kier molecular flexibility index (Phi) is 3.63. The van der Waals surface area contributed by atoms with E-state index in [4.69, 9.17) is 5.73 Å². The molecule has 0 bridgehead atoms. The molecule has 2 aromatic heterocycles. The van der Waals surface area contributed by atoms with E-state index < -0.39 is 0 Å². The minimum atomic E-state index is -0.170. The van der Waals surface area contributed by atoms with Gasteiger partial charge in [-0.05, 0) is 41.8 Å². The highest BCUT2D eigenvalue weighted by molar-refractivity contribution is 5.92. The van der Waals surface area contributed by atoms with Gasteiger partial charge in [-0.1, -0.05) is 18.2 Å². The van der Waals surface area contributed by atoms with E-state index in [0.717, 1.165) is 27.7 Å². The van der Waals surface area contributed by atoms with E-state index >= 15 is 0 Å². The second kappa shape index (κ2) is 5.73. The Labute approximate surface area is 122 Å². The maximum atomic E-state index is 9.28. The summed E-state index contributed by atoms with van der Waals surface area (Å²) in [6.45, 7) is 0.504. The number of nitriles is 1. The fraction of sp³-hybridized carbons (Fsp3) is 0.188. The predicted octanol–water partition coefficient (Wildman–Crippen LogP) is 2.58. The molecule has 5 nitrogen and oxygen atoms in total. The average Bonchev–Trinajstić information content (AvgIpc) is 3.01. The molecule has 0 spiro atoms. The first kappa shape index (κ1) is 13.3. The van der Waals surface area contributed by atoms with E-state index in [2.05, 4.69) is 21.3 Å². The molecule has 0 amide bonds. The summed E-state index contributed by atoms with van der Waals surface area (Å²) in [6.07, 6.45) is 4.19. The molecule has 5 heteroatoms. The first-order valence-electron chi connectivity index (χ1n) is 6.81. The molecule has 0 aliphatic heterocycles. The second-order valence-electron chi connectivity index (χ2n) is 4.88. The first-order valence-corrected chi connectivity index (χ1v) is 6.81. The Morgan fingerprint density at radius 1 is 1.33 bits per heavy atom. The van der Waals surface area contributed by atoms with E-state index in [9.17, 15) is 5.26 Å². The third-order valence-electron chi connectivity index (χ3n) is 3.57. The lowest BCUT2D eigenvalue weighted by molar-refractivity contribution is 0.758. The highest BCUT2D eigenvalue weighted by Gasteiger charge is 2.12. The van der Waals surface area contributed by atoms with Crippen molar-refractivity contribution in [3.8, 4) is 17.2 Å². The van der Waals surface area contributed by atoms with Crippen LogP contribution in [0.15, 0.2) is 42.7 Å². The zero-order valence-corrected chi connectivity index (χ0v) is 11.5. The van der Waals surface area contributed by atoms with Crippen molar-refractivity contribution in [2.24, 2.45) is 5.73 Å². The van der Waals surface area contributed by atoms with Crippen LogP contribution in [0.4, 0.5) is 0 Å². The summed E-state index contributed by atoms with van der Waals surface area (Å²) >= 11 is 0. The van der Waals surface area contributed by atoms with Gasteiger partial charge in [0.2, 0.25) is 0 Å². The number of nitrogens with one attached hydrogen (secondary N) is 1. The standard InChI is InChI=1S/C16H15N5/c17-6-4-13(9-18)11-2-1-3-12(8-11)14-5-7-19-16-15(14)10-20-21-16/h1-3,5,7-8,10,13H,4,6,17H2,(H,19,20,21). The molecule has 0 fully saturated rings. The summed E-state index contributed by atoms with van der Waals surface area (Å²) in [6, 6.07) is 12.3. The molecule has 3 N–H and O–H groups in total. The molecule has 1 atom stereocenters. The van der Waals surface area contributed by atoms with Crippen LogP contribution in [0.2, 0.25) is 0 Å². The highest BCUT2D eigenvalue weighted by atomic mass is 15.1. The minimum Gasteiger partial charge on any atom is -0.330 e. The van der Waals surface area contributed by atoms with Gasteiger partial charge in [0.15, 0.2) is 5.65 Å². The normalized spacial score (nSPS) is 12.2. The first-order chi connectivity index (χ1) is 10.3. The van der Waals surface area contributed by atoms with Gasteiger partial charge in [0, 0.05) is 11.6 Å². The second-order valence-corrected chi connectivity index (χ2v) is 4.88. The number of hydrogen-bond acceptors (Lipinski definition) is 4. The van der Waals surface area contributed by atoms with Crippen LogP contribution < -0.4 is 5.73 Å². The summed E-state index contributed by atoms with van der Waals surface area (Å²) in [7, 11) is 0. The maximum Gasteiger partial charge on any atom is 0.155 e. The lowest BCUT2D eigenvalue weighted by Crippen LogP contribution is -2.05. The van der Waals surface area contributed by atoms with Gasteiger partial charge in [-0.15, -0.1) is 0 Å². The van der Waals surface area contributed by atoms with Crippen LogP contribution in [0.5, 0.6) is 0 Å². The lowest BCUT2D eigenvalue weighted by atomic mass is 9.93. The van der Waals surface area contributed by atoms with Crippen molar-refractivity contribution in [3.63, 3.8) is 0 Å². The quantitative estimate of drug-likeness (QED) is 0.766. The van der Waals surface area contributed by atoms with E-state index in [1.54, 1.807) is 12.4 Å². The van der Waals surface area contributed by atoms with Crippen molar-refractivity contribution in [3.05, 3.63) is 48.3 Å². The highest BCUT2D eigenvalue weighted by Crippen LogP contribution is 2.29. The van der Waals surface area contributed by atoms with Gasteiger partial charge in [0.25, 0.3) is 0 Å². The third-order valence-corrected chi connectivity index (χ3v) is 3.57. The van der Waals surface area contributed by atoms with E-state index in [-0.39, 0.29) is 5.92 Å². The predicted molar refractivity (Wildman–Crippen MR) is 81.4 cm³/mol. The molecule has 2 heterocycles. The summed E-state index contributed by atoms with van der Waals surface area (Å²) in [5.41, 5.74) is 9.45. The number of H-pyrrole nitrogens is 1. The molecular weight excluding hydrogens is 262 g/mol. The number of benzene rings is 1. The molecule has 0 saturated carbocycles. The van der Waals surface area contributed by atoms with Gasteiger partial charge in [-0.2, -0.15) is 10.4 Å². The van der Waals surface area contributed by atoms with Crippen LogP contribution in [0.3, 0.4) is 0 Å². The Morgan fingerprint density at radius 3 is 3.05 bits per heavy atom. The van der Waals surface area contributed by atoms with Gasteiger partial charge >= 0.3 is 0 Å². The van der Waals surface area contributed by atoms with Gasteiger partial charge in [0.1, 0.15) is 0 Å². The van der Waals surface area contributed by atoms with Crippen LogP contribution in [-0.4, -0.2) is 21.7 Å². The Hall–Kier alpha value is -2.71. The molecule has 21 heavy (non-hydrogen) atoms. The number of aromatic nitrogens is 3. The summed E-state index contributed by atoms with van der Waals surface area (Å²) in [5, 5.41) is 17.2. The topological polar surface area (TPSA) is 91.4 Å². The smallest absolute Gasteiger partial charge is 0.155 e. The number of pyridine rings is 1. The Bertz CT molecular complexity index is 800. The molecule has 1 unspecified atom stereocenters. The number of fused-ring (bicyclic) bond motifs is 1. The maximum absolute atomic E-state index is 9.28. The summed E-state index contributed by atoms with van der Waals surface area (Å²) in [5.74, 6) is -0.170. The monoisotopic (exact) mass is 277 g/mol. The lowest BCUT2D eigenvalue weighted by Gasteiger charge is -2.10. The molecule has 0 saturated heterocycles. The van der Waals surface area contributed by atoms with Crippen LogP contribution >= 0.6 is 0 Å². The summed E-state index contributed by atoms with van der Waals surface area (Å²) < 4.78 is 0. The third kappa shape index (κ3) is 2.49. The molecule has 0 aliphatic carbocycles. The molecule has 0 aliphatic rings. The van der Waals surface area contributed by atoms with Crippen LogP contribution in [0.25, 0.3) is 22.2 Å². The van der Waals surface area contributed by atoms with Crippen molar-refractivity contribution in [1.29, 1.82) is 5.26 Å². The number of nitrogens with zero attached hydrogens (tertiary/aromatic N) is 3. The molecular formula is C16H15N5. The Balaban J connectivity index is 2.08. The number of rotatable bonds is 4. The molecule has 3 aromatic rings. The SMILES string of the molecule is N#CC(CCN)c1cccc(-c2ccnc3[nH]ncc23)c1. The van der Waals surface area contributed by atoms with Gasteiger partial charge < -0.3 is 5.73 Å². The number of hydrogen-bond donors (Lipinski definition) is 2. The van der Waals surface area contributed by atoms with E-state index in [0.29, 0.717) is 13.0 Å². The fourth-order valence-electron chi connectivity index (χ4n) is 2.50. The van der Waals surface area contributed by atoms with E-state index in [1.165, 1.54) is 0 Å². The van der Waals surface area contributed by atoms with Crippen molar-refractivity contribution in [2.75, 3.05) is 6.54 Å². The molecule has 0 radical (unpaired) electrons. The van der Waals surface area contributed by atoms with Crippen LogP contribution in [0, 0.1) is 11.3 Å². The van der Waals surface area contributed by atoms with Gasteiger partial charge in [0.05, 0.1) is 18.2 Å². The summed E-state index contributed by atoms with van der Waals surface area (Å²) in [4.78, 5) is 4.24. The minimum absolute atomic E-state index is 0.170. The number of aromatic amines is 1. The molecule has 1 aromatic carbocycles. The van der Waals surface area contributed by atoms with Crippen molar-refractivity contribution in [1.82, 2.24) is 15.2 Å². The van der Waals surface area contributed by atoms with Crippen LogP contribution in [0.1, 0.15) is 17.9 Å². The molecule has 3 rings (SSSR count). The Morgan fingerprint density at radius 2 is 2.24 bits per heavy atom. The number of nitrogens with two attached hydrogens (primary N) is 1. The largest absolute Gasteiger partial charge is 0.330 e. The van der Waals surface area contributed by atoms with Gasteiger partial charge in [-0.25, -0.2) is 4.98 Å². The molecule has 104 valence electrons. The zero-order valence-electron chi connectivity index (χ0n) is 11.5.